The van der Waals surface area contributed by atoms with Crippen LogP contribution in [0.4, 0.5) is 0 Å². The molecule has 2 saturated heterocycles. The topological polar surface area (TPSA) is 55.2 Å². The Morgan fingerprint density at radius 2 is 2.00 bits per heavy atom. The van der Waals surface area contributed by atoms with Gasteiger partial charge in [0.2, 0.25) is 5.91 Å². The molecule has 2 aliphatic heterocycles. The Hall–Kier alpha value is -1.65. The fourth-order valence-corrected chi connectivity index (χ4v) is 3.49. The molecule has 1 aromatic rings. The van der Waals surface area contributed by atoms with Crippen molar-refractivity contribution in [3.05, 3.63) is 18.0 Å². The van der Waals surface area contributed by atoms with E-state index < -0.39 is 0 Å². The zero-order chi connectivity index (χ0) is 12.7. The summed E-state index contributed by atoms with van der Waals surface area (Å²) in [7, 11) is 0. The van der Waals surface area contributed by atoms with Crippen molar-refractivity contribution in [3.63, 3.8) is 0 Å². The largest absolute Gasteiger partial charge is 0.337 e. The van der Waals surface area contributed by atoms with E-state index in [1.54, 1.807) is 19.3 Å². The first-order valence-electron chi connectivity index (χ1n) is 6.47. The number of hydrogen-bond donors (Lipinski definition) is 0. The van der Waals surface area contributed by atoms with Crippen LogP contribution in [0.25, 0.3) is 0 Å². The highest BCUT2D eigenvalue weighted by Gasteiger charge is 2.42. The number of nitrogens with zero attached hydrogens (tertiary/aromatic N) is 3. The molecular formula is C13H17N3O2. The van der Waals surface area contributed by atoms with Crippen molar-refractivity contribution in [1.29, 1.82) is 0 Å². The lowest BCUT2D eigenvalue weighted by atomic mass is 9.97. The third-order valence-electron chi connectivity index (χ3n) is 4.20. The van der Waals surface area contributed by atoms with Crippen molar-refractivity contribution < 1.29 is 9.59 Å². The van der Waals surface area contributed by atoms with Gasteiger partial charge in [-0.3, -0.25) is 14.3 Å². The molecule has 18 heavy (non-hydrogen) atoms. The van der Waals surface area contributed by atoms with Gasteiger partial charge in [-0.2, -0.15) is 5.10 Å². The molecule has 5 nitrogen and oxygen atoms in total. The lowest BCUT2D eigenvalue weighted by Crippen LogP contribution is -2.46. The van der Waals surface area contributed by atoms with Crippen LogP contribution in [0.1, 0.15) is 49.0 Å². The van der Waals surface area contributed by atoms with E-state index in [1.165, 1.54) is 0 Å². The summed E-state index contributed by atoms with van der Waals surface area (Å²) in [5, 5.41) is 4.26. The van der Waals surface area contributed by atoms with Gasteiger partial charge < -0.3 is 4.90 Å². The molecular weight excluding hydrogens is 230 g/mol. The van der Waals surface area contributed by atoms with E-state index in [2.05, 4.69) is 5.10 Å². The maximum atomic E-state index is 11.6. The molecule has 0 N–H and O–H groups in total. The van der Waals surface area contributed by atoms with Crippen molar-refractivity contribution in [2.24, 2.45) is 0 Å². The highest BCUT2D eigenvalue weighted by Crippen LogP contribution is 2.40. The van der Waals surface area contributed by atoms with E-state index >= 15 is 0 Å². The molecule has 2 fully saturated rings. The molecule has 5 heteroatoms. The summed E-state index contributed by atoms with van der Waals surface area (Å²) < 4.78 is 1.90. The first-order valence-corrected chi connectivity index (χ1v) is 6.47. The van der Waals surface area contributed by atoms with Crippen LogP contribution in [0.15, 0.2) is 12.4 Å². The first-order chi connectivity index (χ1) is 8.69. The van der Waals surface area contributed by atoms with Gasteiger partial charge in [0.15, 0.2) is 6.29 Å². The molecule has 2 bridgehead atoms. The first kappa shape index (κ1) is 11.4. The summed E-state index contributed by atoms with van der Waals surface area (Å²) in [6.45, 7) is 1.66. The molecule has 2 unspecified atom stereocenters. The second-order valence-corrected chi connectivity index (χ2v) is 5.31. The molecule has 1 amide bonds. The third kappa shape index (κ3) is 1.74. The fourth-order valence-electron chi connectivity index (χ4n) is 3.49. The lowest BCUT2D eigenvalue weighted by molar-refractivity contribution is -0.133. The molecule has 1 aromatic heterocycles. The van der Waals surface area contributed by atoms with Crippen LogP contribution in [0.2, 0.25) is 0 Å². The maximum absolute atomic E-state index is 11.6. The van der Waals surface area contributed by atoms with Crippen molar-refractivity contribution >= 4 is 12.2 Å². The summed E-state index contributed by atoms with van der Waals surface area (Å²) in [6, 6.07) is 1.04. The standard InChI is InChI=1S/C13H17N3O2/c1-9(18)16-11-2-3-12(16)5-13(4-11)15-7-10(8-17)6-14-15/h6-8,11-13H,2-5H2,1H3. The predicted molar refractivity (Wildman–Crippen MR) is 65.2 cm³/mol. The van der Waals surface area contributed by atoms with Crippen LogP contribution < -0.4 is 0 Å². The monoisotopic (exact) mass is 247 g/mol. The average Bonchev–Trinajstić information content (AvgIpc) is 2.92. The Morgan fingerprint density at radius 1 is 1.33 bits per heavy atom. The van der Waals surface area contributed by atoms with Gasteiger partial charge in [0.25, 0.3) is 0 Å². The second-order valence-electron chi connectivity index (χ2n) is 5.31. The zero-order valence-corrected chi connectivity index (χ0v) is 10.5. The van der Waals surface area contributed by atoms with Crippen molar-refractivity contribution in [2.45, 2.75) is 50.7 Å². The van der Waals surface area contributed by atoms with E-state index in [9.17, 15) is 9.59 Å². The van der Waals surface area contributed by atoms with Gasteiger partial charge >= 0.3 is 0 Å². The van der Waals surface area contributed by atoms with Gasteiger partial charge in [-0.05, 0) is 25.7 Å². The smallest absolute Gasteiger partial charge is 0.219 e. The van der Waals surface area contributed by atoms with E-state index in [1.807, 2.05) is 9.58 Å². The van der Waals surface area contributed by atoms with Gasteiger partial charge in [0.1, 0.15) is 0 Å². The minimum Gasteiger partial charge on any atom is -0.337 e. The van der Waals surface area contributed by atoms with Gasteiger partial charge in [0, 0.05) is 25.2 Å². The molecule has 96 valence electrons. The number of hydrogen-bond acceptors (Lipinski definition) is 3. The number of fused-ring (bicyclic) bond motifs is 2. The Balaban J connectivity index is 1.79. The van der Waals surface area contributed by atoms with Crippen LogP contribution in [-0.2, 0) is 4.79 Å². The van der Waals surface area contributed by atoms with Crippen LogP contribution in [0.3, 0.4) is 0 Å². The molecule has 2 atom stereocenters. The molecule has 0 aliphatic carbocycles. The fraction of sp³-hybridized carbons (Fsp3) is 0.615. The molecule has 3 rings (SSSR count). The number of aromatic nitrogens is 2. The van der Waals surface area contributed by atoms with Crippen molar-refractivity contribution in [3.8, 4) is 0 Å². The molecule has 0 spiro atoms. The summed E-state index contributed by atoms with van der Waals surface area (Å²) >= 11 is 0. The number of piperidine rings is 1. The van der Waals surface area contributed by atoms with Crippen LogP contribution >= 0.6 is 0 Å². The van der Waals surface area contributed by atoms with Crippen LogP contribution in [0.5, 0.6) is 0 Å². The van der Waals surface area contributed by atoms with Gasteiger partial charge in [-0.15, -0.1) is 0 Å². The van der Waals surface area contributed by atoms with E-state index in [-0.39, 0.29) is 5.91 Å². The third-order valence-corrected chi connectivity index (χ3v) is 4.20. The number of carbonyl (C=O) groups is 2. The normalized spacial score (nSPS) is 30.5. The average molecular weight is 247 g/mol. The van der Waals surface area contributed by atoms with E-state index in [4.69, 9.17) is 0 Å². The highest BCUT2D eigenvalue weighted by atomic mass is 16.2. The van der Waals surface area contributed by atoms with E-state index in [0.717, 1.165) is 32.0 Å². The molecule has 0 aromatic carbocycles. The second kappa shape index (κ2) is 4.23. The quantitative estimate of drug-likeness (QED) is 0.742. The molecule has 0 saturated carbocycles. The number of carbonyl (C=O) groups excluding carboxylic acids is 2. The Bertz CT molecular complexity index is 468. The van der Waals surface area contributed by atoms with Crippen molar-refractivity contribution in [1.82, 2.24) is 14.7 Å². The minimum absolute atomic E-state index is 0.190. The molecule has 2 aliphatic rings. The van der Waals surface area contributed by atoms with Crippen LogP contribution in [-0.4, -0.2) is 39.0 Å². The van der Waals surface area contributed by atoms with Gasteiger partial charge in [-0.25, -0.2) is 0 Å². The summed E-state index contributed by atoms with van der Waals surface area (Å²) in [6.07, 6.45) is 8.34. The van der Waals surface area contributed by atoms with Crippen LogP contribution in [0, 0.1) is 0 Å². The van der Waals surface area contributed by atoms with Crippen molar-refractivity contribution in [2.75, 3.05) is 0 Å². The zero-order valence-electron chi connectivity index (χ0n) is 10.5. The summed E-state index contributed by atoms with van der Waals surface area (Å²) in [5.41, 5.74) is 0.622. The Labute approximate surface area is 106 Å². The van der Waals surface area contributed by atoms with E-state index in [0.29, 0.717) is 23.7 Å². The lowest BCUT2D eigenvalue weighted by Gasteiger charge is -2.38. The summed E-state index contributed by atoms with van der Waals surface area (Å²) in [5.74, 6) is 0.190. The van der Waals surface area contributed by atoms with Gasteiger partial charge in [0.05, 0.1) is 17.8 Å². The minimum atomic E-state index is 0.190. The number of aldehydes is 1. The molecule has 0 radical (unpaired) electrons. The Kier molecular flexibility index (Phi) is 2.69. The van der Waals surface area contributed by atoms with Gasteiger partial charge in [-0.1, -0.05) is 0 Å². The number of rotatable bonds is 2. The highest BCUT2D eigenvalue weighted by molar-refractivity contribution is 5.74. The molecule has 3 heterocycles. The Morgan fingerprint density at radius 3 is 2.50 bits per heavy atom. The number of amides is 1. The maximum Gasteiger partial charge on any atom is 0.219 e. The SMILES string of the molecule is CC(=O)N1C2CCC1CC(n1cc(C=O)cn1)C2. The summed E-state index contributed by atoms with van der Waals surface area (Å²) in [4.78, 5) is 24.3. The predicted octanol–water partition coefficient (Wildman–Crippen LogP) is 1.41.